The molecule has 0 aliphatic rings. The predicted octanol–water partition coefficient (Wildman–Crippen LogP) is 4.07. The highest BCUT2D eigenvalue weighted by Crippen LogP contribution is 2.30. The zero-order valence-electron chi connectivity index (χ0n) is 11.6. The van der Waals surface area contributed by atoms with Crippen molar-refractivity contribution in [1.82, 2.24) is 10.6 Å². The quantitative estimate of drug-likeness (QED) is 0.321. The Hall–Kier alpha value is -0.460. The van der Waals surface area contributed by atoms with Crippen LogP contribution in [-0.4, -0.2) is 26.1 Å². The molecule has 0 amide bonds. The molecule has 1 aromatic carbocycles. The highest BCUT2D eigenvalue weighted by atomic mass is 127. The van der Waals surface area contributed by atoms with Gasteiger partial charge in [-0.05, 0) is 17.7 Å². The van der Waals surface area contributed by atoms with Gasteiger partial charge < -0.3 is 10.6 Å². The highest BCUT2D eigenvalue weighted by molar-refractivity contribution is 14.0. The third-order valence-electron chi connectivity index (χ3n) is 2.71. The van der Waals surface area contributed by atoms with Crippen molar-refractivity contribution in [3.05, 3.63) is 46.5 Å². The molecule has 1 aromatic rings. The van der Waals surface area contributed by atoms with E-state index in [1.807, 2.05) is 18.2 Å². The number of nitrogens with one attached hydrogen (secondary N) is 2. The fourth-order valence-electron chi connectivity index (χ4n) is 1.72. The van der Waals surface area contributed by atoms with Crippen LogP contribution in [0.25, 0.3) is 0 Å². The fourth-order valence-corrected chi connectivity index (χ4v) is 2.49. The molecule has 0 saturated heterocycles. The molecule has 0 aromatic heterocycles. The minimum Gasteiger partial charge on any atom is -0.356 e. The molecule has 0 aliphatic heterocycles. The van der Waals surface area contributed by atoms with E-state index in [4.69, 9.17) is 23.2 Å². The fraction of sp³-hybridized carbons (Fsp3) is 0.357. The number of rotatable bonds is 5. The largest absolute Gasteiger partial charge is 0.356 e. The van der Waals surface area contributed by atoms with Crippen LogP contribution in [0.1, 0.15) is 18.4 Å². The number of guanidine groups is 1. The summed E-state index contributed by atoms with van der Waals surface area (Å²) in [6.07, 6.45) is 1.78. The molecule has 112 valence electrons. The molecule has 6 heteroatoms. The molecule has 0 radical (unpaired) electrons. The normalized spacial score (nSPS) is 12.3. The highest BCUT2D eigenvalue weighted by Gasteiger charge is 2.13. The van der Waals surface area contributed by atoms with Crippen molar-refractivity contribution in [2.75, 3.05) is 20.1 Å². The summed E-state index contributed by atoms with van der Waals surface area (Å²) in [7, 11) is 1.73. The van der Waals surface area contributed by atoms with Crippen LogP contribution in [0.2, 0.25) is 10.0 Å². The monoisotopic (exact) mass is 427 g/mol. The van der Waals surface area contributed by atoms with Crippen LogP contribution in [0.15, 0.2) is 35.8 Å². The summed E-state index contributed by atoms with van der Waals surface area (Å²) in [6, 6.07) is 5.55. The van der Waals surface area contributed by atoms with Crippen LogP contribution in [0, 0.1) is 0 Å². The number of nitrogens with zero attached hydrogens (tertiary/aromatic N) is 1. The smallest absolute Gasteiger partial charge is 0.191 e. The first-order valence-corrected chi connectivity index (χ1v) is 6.85. The Morgan fingerprint density at radius 1 is 1.35 bits per heavy atom. The summed E-state index contributed by atoms with van der Waals surface area (Å²) in [6.45, 7) is 7.09. The summed E-state index contributed by atoms with van der Waals surface area (Å²) in [4.78, 5) is 4.12. The van der Waals surface area contributed by atoms with Gasteiger partial charge >= 0.3 is 0 Å². The van der Waals surface area contributed by atoms with Gasteiger partial charge in [0.25, 0.3) is 0 Å². The second-order valence-electron chi connectivity index (χ2n) is 4.16. The Kier molecular flexibility index (Phi) is 10.1. The van der Waals surface area contributed by atoms with Crippen molar-refractivity contribution in [3.8, 4) is 0 Å². The van der Waals surface area contributed by atoms with Crippen molar-refractivity contribution in [2.24, 2.45) is 4.99 Å². The Morgan fingerprint density at radius 2 is 1.95 bits per heavy atom. The van der Waals surface area contributed by atoms with E-state index < -0.39 is 0 Å². The first-order chi connectivity index (χ1) is 9.10. The van der Waals surface area contributed by atoms with Crippen LogP contribution in [0.5, 0.6) is 0 Å². The number of halogens is 3. The Bertz CT molecular complexity index is 443. The molecular formula is C14H20Cl2IN3. The van der Waals surface area contributed by atoms with Gasteiger partial charge in [-0.25, -0.2) is 0 Å². The molecule has 20 heavy (non-hydrogen) atoms. The lowest BCUT2D eigenvalue weighted by atomic mass is 10.0. The van der Waals surface area contributed by atoms with Crippen molar-refractivity contribution < 1.29 is 0 Å². The molecule has 0 heterocycles. The van der Waals surface area contributed by atoms with E-state index in [1.54, 1.807) is 13.1 Å². The molecule has 1 rings (SSSR count). The average molecular weight is 428 g/mol. The van der Waals surface area contributed by atoms with E-state index in [1.165, 1.54) is 0 Å². The Morgan fingerprint density at radius 3 is 2.45 bits per heavy atom. The maximum Gasteiger partial charge on any atom is 0.191 e. The van der Waals surface area contributed by atoms with Crippen LogP contribution in [-0.2, 0) is 0 Å². The zero-order chi connectivity index (χ0) is 14.3. The summed E-state index contributed by atoms with van der Waals surface area (Å²) in [5.74, 6) is 0.915. The van der Waals surface area contributed by atoms with E-state index in [0.29, 0.717) is 23.1 Å². The lowest BCUT2D eigenvalue weighted by Gasteiger charge is -2.18. The Balaban J connectivity index is 0.00000361. The second kappa shape index (κ2) is 10.3. The van der Waals surface area contributed by atoms with E-state index in [2.05, 4.69) is 29.1 Å². The number of benzene rings is 1. The average Bonchev–Trinajstić information content (AvgIpc) is 2.38. The molecule has 0 saturated carbocycles. The summed E-state index contributed by atoms with van der Waals surface area (Å²) >= 11 is 12.4. The molecule has 1 atom stereocenters. The van der Waals surface area contributed by atoms with Gasteiger partial charge in [0.05, 0.1) is 0 Å². The minimum atomic E-state index is 0. The summed E-state index contributed by atoms with van der Waals surface area (Å²) in [5.41, 5.74) is 0.956. The van der Waals surface area contributed by atoms with Gasteiger partial charge in [-0.2, -0.15) is 0 Å². The van der Waals surface area contributed by atoms with Crippen molar-refractivity contribution in [1.29, 1.82) is 0 Å². The number of hydrogen-bond acceptors (Lipinski definition) is 1. The minimum absolute atomic E-state index is 0. The first-order valence-electron chi connectivity index (χ1n) is 6.09. The summed E-state index contributed by atoms with van der Waals surface area (Å²) in [5, 5.41) is 7.72. The molecule has 0 fully saturated rings. The Labute approximate surface area is 147 Å². The van der Waals surface area contributed by atoms with Gasteiger partial charge in [0.15, 0.2) is 5.96 Å². The van der Waals surface area contributed by atoms with Crippen molar-refractivity contribution in [2.45, 2.75) is 12.8 Å². The molecule has 0 bridgehead atoms. The zero-order valence-corrected chi connectivity index (χ0v) is 15.5. The third kappa shape index (κ3) is 5.89. The van der Waals surface area contributed by atoms with E-state index in [0.717, 1.165) is 11.5 Å². The maximum absolute atomic E-state index is 6.19. The number of aliphatic imine (C=N–C) groups is 1. The molecule has 0 aliphatic carbocycles. The lowest BCUT2D eigenvalue weighted by Crippen LogP contribution is -2.39. The molecule has 2 N–H and O–H groups in total. The van der Waals surface area contributed by atoms with Gasteiger partial charge in [-0.15, -0.1) is 30.6 Å². The van der Waals surface area contributed by atoms with E-state index in [-0.39, 0.29) is 29.9 Å². The topological polar surface area (TPSA) is 36.4 Å². The lowest BCUT2D eigenvalue weighted by molar-refractivity contribution is 0.705. The van der Waals surface area contributed by atoms with Gasteiger partial charge in [0, 0.05) is 36.1 Å². The molecule has 0 spiro atoms. The van der Waals surface area contributed by atoms with Gasteiger partial charge in [0.2, 0.25) is 0 Å². The van der Waals surface area contributed by atoms with E-state index >= 15 is 0 Å². The van der Waals surface area contributed by atoms with E-state index in [9.17, 15) is 0 Å². The van der Waals surface area contributed by atoms with Gasteiger partial charge in [-0.3, -0.25) is 4.99 Å². The standard InChI is InChI=1S/C14H19Cl2N3.HI/c1-4-8-18-14(17-3)19-9-10(2)13-11(15)6-5-7-12(13)16;/h4-7,10H,1,8-9H2,2-3H3,(H2,17,18,19);1H. The number of hydrogen-bond donors (Lipinski definition) is 2. The van der Waals surface area contributed by atoms with Crippen LogP contribution < -0.4 is 10.6 Å². The maximum atomic E-state index is 6.19. The summed E-state index contributed by atoms with van der Waals surface area (Å²) < 4.78 is 0. The molecule has 1 unspecified atom stereocenters. The van der Waals surface area contributed by atoms with Crippen LogP contribution >= 0.6 is 47.2 Å². The van der Waals surface area contributed by atoms with Gasteiger partial charge in [0.1, 0.15) is 0 Å². The second-order valence-corrected chi connectivity index (χ2v) is 4.97. The molecule has 3 nitrogen and oxygen atoms in total. The van der Waals surface area contributed by atoms with Crippen molar-refractivity contribution >= 4 is 53.1 Å². The van der Waals surface area contributed by atoms with Crippen molar-refractivity contribution in [3.63, 3.8) is 0 Å². The SMILES string of the molecule is C=CCNC(=NC)NCC(C)c1c(Cl)cccc1Cl.I. The predicted molar refractivity (Wildman–Crippen MR) is 99.9 cm³/mol. The van der Waals surface area contributed by atoms with Gasteiger partial charge in [-0.1, -0.05) is 42.3 Å². The third-order valence-corrected chi connectivity index (χ3v) is 3.36. The van der Waals surface area contributed by atoms with Crippen LogP contribution in [0.3, 0.4) is 0 Å². The van der Waals surface area contributed by atoms with Crippen LogP contribution in [0.4, 0.5) is 0 Å². The molecular weight excluding hydrogens is 408 g/mol. The first kappa shape index (κ1) is 19.5.